The summed E-state index contributed by atoms with van der Waals surface area (Å²) in [6, 6.07) is 11.5. The Hall–Kier alpha value is -3.22. The number of hydrogen-bond donors (Lipinski definition) is 2. The molecule has 2 aromatic carbocycles. The number of amides is 2. The van der Waals surface area contributed by atoms with Gasteiger partial charge >= 0.3 is 0 Å². The third-order valence-corrected chi connectivity index (χ3v) is 3.72. The minimum absolute atomic E-state index is 0.0739. The summed E-state index contributed by atoms with van der Waals surface area (Å²) in [5.74, 6) is -3.01. The van der Waals surface area contributed by atoms with Gasteiger partial charge in [-0.25, -0.2) is 4.39 Å². The summed E-state index contributed by atoms with van der Waals surface area (Å²) >= 11 is 0. The fraction of sp³-hybridized carbons (Fsp3) is 0.211. The van der Waals surface area contributed by atoms with Gasteiger partial charge in [0.05, 0.1) is 12.0 Å². The average molecular weight is 357 g/mol. The van der Waals surface area contributed by atoms with Crippen molar-refractivity contribution >= 4 is 17.8 Å². The first kappa shape index (κ1) is 19.1. The van der Waals surface area contributed by atoms with Crippen molar-refractivity contribution in [1.29, 1.82) is 0 Å². The van der Waals surface area contributed by atoms with Crippen LogP contribution in [0.2, 0.25) is 0 Å². The minimum atomic E-state index is -1.44. The van der Waals surface area contributed by atoms with Crippen LogP contribution in [-0.4, -0.2) is 29.9 Å². The molecule has 2 aromatic rings. The summed E-state index contributed by atoms with van der Waals surface area (Å²) in [5, 5.41) is 15.7. The highest BCUT2D eigenvalue weighted by Gasteiger charge is 2.23. The van der Waals surface area contributed by atoms with E-state index in [1.165, 1.54) is 31.2 Å². The molecule has 2 rings (SSSR count). The number of rotatable bonds is 7. The van der Waals surface area contributed by atoms with Crippen molar-refractivity contribution in [3.63, 3.8) is 0 Å². The van der Waals surface area contributed by atoms with Crippen LogP contribution in [0, 0.1) is 5.82 Å². The smallest absolute Gasteiger partial charge is 0.251 e. The highest BCUT2D eigenvalue weighted by Crippen LogP contribution is 2.08. The molecule has 0 saturated carbocycles. The SMILES string of the molecule is C[C@@H](NC(=O)[C@H](Cc1ccc(F)cc1)NC(=O)c1ccccc1)C(=O)[O-]. The van der Waals surface area contributed by atoms with Crippen molar-refractivity contribution in [2.45, 2.75) is 25.4 Å². The summed E-state index contributed by atoms with van der Waals surface area (Å²) in [4.78, 5) is 35.6. The van der Waals surface area contributed by atoms with E-state index in [2.05, 4.69) is 10.6 Å². The largest absolute Gasteiger partial charge is 0.548 e. The molecule has 0 bridgehead atoms. The quantitative estimate of drug-likeness (QED) is 0.750. The zero-order chi connectivity index (χ0) is 19.1. The molecule has 136 valence electrons. The molecule has 2 atom stereocenters. The van der Waals surface area contributed by atoms with Crippen LogP contribution in [0.3, 0.4) is 0 Å². The Labute approximate surface area is 150 Å². The Morgan fingerprint density at radius 2 is 1.62 bits per heavy atom. The zero-order valence-corrected chi connectivity index (χ0v) is 14.1. The molecule has 0 aliphatic heterocycles. The Morgan fingerprint density at radius 1 is 1.00 bits per heavy atom. The van der Waals surface area contributed by atoms with Crippen molar-refractivity contribution in [3.8, 4) is 0 Å². The van der Waals surface area contributed by atoms with Crippen LogP contribution in [0.1, 0.15) is 22.8 Å². The van der Waals surface area contributed by atoms with Gasteiger partial charge in [-0.1, -0.05) is 30.3 Å². The molecule has 0 aliphatic carbocycles. The molecule has 2 N–H and O–H groups in total. The van der Waals surface area contributed by atoms with Crippen LogP contribution in [-0.2, 0) is 16.0 Å². The van der Waals surface area contributed by atoms with Crippen LogP contribution in [0.4, 0.5) is 4.39 Å². The predicted molar refractivity (Wildman–Crippen MR) is 90.4 cm³/mol. The number of hydrogen-bond acceptors (Lipinski definition) is 4. The average Bonchev–Trinajstić information content (AvgIpc) is 2.63. The van der Waals surface area contributed by atoms with Gasteiger partial charge in [-0.3, -0.25) is 9.59 Å². The number of carbonyl (C=O) groups excluding carboxylic acids is 3. The van der Waals surface area contributed by atoms with Crippen molar-refractivity contribution in [2.75, 3.05) is 0 Å². The maximum Gasteiger partial charge on any atom is 0.251 e. The van der Waals surface area contributed by atoms with Gasteiger partial charge in [0, 0.05) is 12.0 Å². The molecule has 0 spiro atoms. The zero-order valence-electron chi connectivity index (χ0n) is 14.1. The van der Waals surface area contributed by atoms with Crippen LogP contribution in [0.15, 0.2) is 54.6 Å². The minimum Gasteiger partial charge on any atom is -0.548 e. The van der Waals surface area contributed by atoms with E-state index in [0.717, 1.165) is 0 Å². The van der Waals surface area contributed by atoms with Crippen molar-refractivity contribution < 1.29 is 23.9 Å². The molecule has 0 aliphatic rings. The number of carboxylic acid groups (broad SMARTS) is 1. The second kappa shape index (κ2) is 8.75. The lowest BCUT2D eigenvalue weighted by molar-refractivity contribution is -0.307. The normalized spacial score (nSPS) is 12.7. The summed E-state index contributed by atoms with van der Waals surface area (Å²) in [6.45, 7) is 1.27. The van der Waals surface area contributed by atoms with Crippen LogP contribution < -0.4 is 15.7 Å². The monoisotopic (exact) mass is 357 g/mol. The fourth-order valence-electron chi connectivity index (χ4n) is 2.27. The standard InChI is InChI=1S/C19H19FN2O4/c1-12(19(25)26)21-18(24)16(11-13-7-9-15(20)10-8-13)22-17(23)14-5-3-2-4-6-14/h2-10,12,16H,11H2,1H3,(H,21,24)(H,22,23)(H,25,26)/p-1/t12-,16+/m1/s1. The molecular weight excluding hydrogens is 339 g/mol. The van der Waals surface area contributed by atoms with Gasteiger partial charge in [-0.2, -0.15) is 0 Å². The molecule has 0 heterocycles. The third kappa shape index (κ3) is 5.41. The summed E-state index contributed by atoms with van der Waals surface area (Å²) in [6.07, 6.45) is 0.0739. The number of benzene rings is 2. The fourth-order valence-corrected chi connectivity index (χ4v) is 2.27. The highest BCUT2D eigenvalue weighted by atomic mass is 19.1. The molecule has 0 radical (unpaired) electrons. The van der Waals surface area contributed by atoms with Crippen molar-refractivity contribution in [1.82, 2.24) is 10.6 Å². The molecule has 6 nitrogen and oxygen atoms in total. The molecule has 2 amide bonds. The number of nitrogens with one attached hydrogen (secondary N) is 2. The molecule has 0 fully saturated rings. The van der Waals surface area contributed by atoms with E-state index >= 15 is 0 Å². The summed E-state index contributed by atoms with van der Waals surface area (Å²) in [5.41, 5.74) is 0.971. The Kier molecular flexibility index (Phi) is 6.43. The molecule has 0 unspecified atom stereocenters. The second-order valence-electron chi connectivity index (χ2n) is 5.77. The van der Waals surface area contributed by atoms with Crippen LogP contribution in [0.5, 0.6) is 0 Å². The van der Waals surface area contributed by atoms with Gasteiger partial charge < -0.3 is 20.5 Å². The van der Waals surface area contributed by atoms with E-state index in [0.29, 0.717) is 11.1 Å². The topological polar surface area (TPSA) is 98.3 Å². The summed E-state index contributed by atoms with van der Waals surface area (Å²) in [7, 11) is 0. The van der Waals surface area contributed by atoms with Gasteiger partial charge in [0.1, 0.15) is 11.9 Å². The number of carbonyl (C=O) groups is 3. The lowest BCUT2D eigenvalue weighted by Gasteiger charge is -2.22. The van der Waals surface area contributed by atoms with Gasteiger partial charge in [0.2, 0.25) is 5.91 Å². The van der Waals surface area contributed by atoms with E-state index in [-0.39, 0.29) is 6.42 Å². The molecule has 0 saturated heterocycles. The predicted octanol–water partition coefficient (Wildman–Crippen LogP) is 0.421. The van der Waals surface area contributed by atoms with E-state index in [4.69, 9.17) is 0 Å². The first-order valence-corrected chi connectivity index (χ1v) is 7.98. The van der Waals surface area contributed by atoms with Crippen LogP contribution >= 0.6 is 0 Å². The number of aliphatic carboxylic acids is 1. The van der Waals surface area contributed by atoms with Gasteiger partial charge in [0.25, 0.3) is 5.91 Å². The number of halogens is 1. The lowest BCUT2D eigenvalue weighted by Crippen LogP contribution is -2.54. The maximum absolute atomic E-state index is 13.1. The van der Waals surface area contributed by atoms with E-state index < -0.39 is 35.7 Å². The van der Waals surface area contributed by atoms with E-state index in [9.17, 15) is 23.9 Å². The van der Waals surface area contributed by atoms with Gasteiger partial charge in [-0.15, -0.1) is 0 Å². The molecular formula is C19H18FN2O4-. The van der Waals surface area contributed by atoms with Gasteiger partial charge in [-0.05, 0) is 36.8 Å². The Morgan fingerprint density at radius 3 is 2.19 bits per heavy atom. The molecule has 7 heteroatoms. The lowest BCUT2D eigenvalue weighted by atomic mass is 10.0. The molecule has 26 heavy (non-hydrogen) atoms. The van der Waals surface area contributed by atoms with E-state index in [1.54, 1.807) is 30.3 Å². The van der Waals surface area contributed by atoms with Crippen molar-refractivity contribution in [2.24, 2.45) is 0 Å². The first-order valence-electron chi connectivity index (χ1n) is 7.98. The maximum atomic E-state index is 13.1. The Balaban J connectivity index is 2.17. The first-order chi connectivity index (χ1) is 12.4. The third-order valence-electron chi connectivity index (χ3n) is 3.72. The van der Waals surface area contributed by atoms with Crippen LogP contribution in [0.25, 0.3) is 0 Å². The summed E-state index contributed by atoms with van der Waals surface area (Å²) < 4.78 is 13.1. The second-order valence-corrected chi connectivity index (χ2v) is 5.77. The number of carboxylic acids is 1. The Bertz CT molecular complexity index is 778. The van der Waals surface area contributed by atoms with Crippen molar-refractivity contribution in [3.05, 3.63) is 71.5 Å². The highest BCUT2D eigenvalue weighted by molar-refractivity contribution is 5.98. The van der Waals surface area contributed by atoms with Gasteiger partial charge in [0.15, 0.2) is 0 Å². The molecule has 0 aromatic heterocycles. The van der Waals surface area contributed by atoms with E-state index in [1.807, 2.05) is 0 Å².